The molecule has 3 nitrogen and oxygen atoms in total. The van der Waals surface area contributed by atoms with Crippen LogP contribution in [0, 0.1) is 6.92 Å². The Morgan fingerprint density at radius 1 is 1.41 bits per heavy atom. The average molecular weight is 251 g/mol. The lowest BCUT2D eigenvalue weighted by Gasteiger charge is -2.11. The van der Waals surface area contributed by atoms with Gasteiger partial charge >= 0.3 is 0 Å². The van der Waals surface area contributed by atoms with E-state index < -0.39 is 6.10 Å². The van der Waals surface area contributed by atoms with Gasteiger partial charge in [-0.15, -0.1) is 0 Å². The highest BCUT2D eigenvalue weighted by atomic mass is 35.5. The molecule has 0 saturated heterocycles. The number of aliphatic hydroxyl groups is 1. The molecule has 2 rings (SSSR count). The van der Waals surface area contributed by atoms with Gasteiger partial charge in [0, 0.05) is 18.5 Å². The van der Waals surface area contributed by atoms with Gasteiger partial charge in [0.15, 0.2) is 0 Å². The zero-order valence-electron chi connectivity index (χ0n) is 9.89. The third-order valence-electron chi connectivity index (χ3n) is 2.70. The van der Waals surface area contributed by atoms with Crippen molar-refractivity contribution in [2.45, 2.75) is 19.4 Å². The summed E-state index contributed by atoms with van der Waals surface area (Å²) in [5, 5.41) is 15.1. The standard InChI is InChI=1S/C13H15ClN2O/c1-9-6-12(16(2)15-9)13(17)8-10-4-3-5-11(14)7-10/h3-7,13,17H,8H2,1-2H3. The minimum atomic E-state index is -0.556. The molecule has 0 fully saturated rings. The highest BCUT2D eigenvalue weighted by molar-refractivity contribution is 6.30. The summed E-state index contributed by atoms with van der Waals surface area (Å²) in [6.07, 6.45) is -0.0147. The first-order valence-electron chi connectivity index (χ1n) is 5.49. The summed E-state index contributed by atoms with van der Waals surface area (Å²) in [6.45, 7) is 1.91. The van der Waals surface area contributed by atoms with Crippen molar-refractivity contribution in [3.8, 4) is 0 Å². The van der Waals surface area contributed by atoms with Crippen LogP contribution in [0.5, 0.6) is 0 Å². The van der Waals surface area contributed by atoms with Crippen molar-refractivity contribution >= 4 is 11.6 Å². The van der Waals surface area contributed by atoms with E-state index >= 15 is 0 Å². The summed E-state index contributed by atoms with van der Waals surface area (Å²) in [4.78, 5) is 0. The summed E-state index contributed by atoms with van der Waals surface area (Å²) < 4.78 is 1.71. The lowest BCUT2D eigenvalue weighted by molar-refractivity contribution is 0.168. The quantitative estimate of drug-likeness (QED) is 0.910. The van der Waals surface area contributed by atoms with Gasteiger partial charge in [-0.2, -0.15) is 5.10 Å². The molecular weight excluding hydrogens is 236 g/mol. The molecule has 1 unspecified atom stereocenters. The molecule has 90 valence electrons. The molecule has 0 amide bonds. The summed E-state index contributed by atoms with van der Waals surface area (Å²) in [6, 6.07) is 9.44. The highest BCUT2D eigenvalue weighted by Crippen LogP contribution is 2.20. The van der Waals surface area contributed by atoms with E-state index in [1.807, 2.05) is 44.3 Å². The smallest absolute Gasteiger partial charge is 0.0996 e. The molecule has 0 aliphatic heterocycles. The lowest BCUT2D eigenvalue weighted by atomic mass is 10.1. The first-order valence-corrected chi connectivity index (χ1v) is 5.87. The van der Waals surface area contributed by atoms with Crippen LogP contribution in [0.4, 0.5) is 0 Å². The van der Waals surface area contributed by atoms with Crippen LogP contribution in [0.25, 0.3) is 0 Å². The molecule has 0 spiro atoms. The first-order chi connectivity index (χ1) is 8.06. The third-order valence-corrected chi connectivity index (χ3v) is 2.93. The molecule has 0 aliphatic rings. The van der Waals surface area contributed by atoms with Crippen LogP contribution in [-0.4, -0.2) is 14.9 Å². The maximum absolute atomic E-state index is 10.2. The Morgan fingerprint density at radius 2 is 2.18 bits per heavy atom. The largest absolute Gasteiger partial charge is 0.386 e. The van der Waals surface area contributed by atoms with Crippen LogP contribution >= 0.6 is 11.6 Å². The van der Waals surface area contributed by atoms with Gasteiger partial charge in [-0.05, 0) is 30.7 Å². The van der Waals surface area contributed by atoms with Crippen LogP contribution in [0.15, 0.2) is 30.3 Å². The normalized spacial score (nSPS) is 12.7. The van der Waals surface area contributed by atoms with Gasteiger partial charge in [0.05, 0.1) is 17.5 Å². The predicted octanol–water partition coefficient (Wildman–Crippen LogP) is 2.66. The van der Waals surface area contributed by atoms with Crippen LogP contribution in [0.2, 0.25) is 5.02 Å². The van der Waals surface area contributed by atoms with Gasteiger partial charge in [0.1, 0.15) is 0 Å². The van der Waals surface area contributed by atoms with Crippen molar-refractivity contribution in [1.29, 1.82) is 0 Å². The zero-order chi connectivity index (χ0) is 12.4. The Kier molecular flexibility index (Phi) is 3.50. The van der Waals surface area contributed by atoms with E-state index in [9.17, 15) is 5.11 Å². The Labute approximate surface area is 106 Å². The van der Waals surface area contributed by atoms with Crippen molar-refractivity contribution < 1.29 is 5.11 Å². The number of aromatic nitrogens is 2. The molecule has 1 atom stereocenters. The molecule has 0 saturated carbocycles. The Bertz CT molecular complexity index is 522. The number of aliphatic hydroxyl groups excluding tert-OH is 1. The first kappa shape index (κ1) is 12.1. The van der Waals surface area contributed by atoms with Crippen molar-refractivity contribution in [1.82, 2.24) is 9.78 Å². The van der Waals surface area contributed by atoms with Gasteiger partial charge in [-0.25, -0.2) is 0 Å². The molecular formula is C13H15ClN2O. The molecule has 0 aliphatic carbocycles. The second-order valence-electron chi connectivity index (χ2n) is 4.18. The van der Waals surface area contributed by atoms with E-state index in [1.165, 1.54) is 0 Å². The molecule has 4 heteroatoms. The number of benzene rings is 1. The third kappa shape index (κ3) is 2.87. The van der Waals surface area contributed by atoms with Gasteiger partial charge in [-0.3, -0.25) is 4.68 Å². The van der Waals surface area contributed by atoms with Gasteiger partial charge in [-0.1, -0.05) is 23.7 Å². The van der Waals surface area contributed by atoms with E-state index in [4.69, 9.17) is 11.6 Å². The number of hydrogen-bond acceptors (Lipinski definition) is 2. The van der Waals surface area contributed by atoms with E-state index in [0.29, 0.717) is 11.4 Å². The molecule has 1 aromatic carbocycles. The second-order valence-corrected chi connectivity index (χ2v) is 4.62. The summed E-state index contributed by atoms with van der Waals surface area (Å²) in [5.41, 5.74) is 2.75. The van der Waals surface area contributed by atoms with Crippen LogP contribution in [-0.2, 0) is 13.5 Å². The fraction of sp³-hybridized carbons (Fsp3) is 0.308. The monoisotopic (exact) mass is 250 g/mol. The molecule has 17 heavy (non-hydrogen) atoms. The lowest BCUT2D eigenvalue weighted by Crippen LogP contribution is -2.07. The Hall–Kier alpha value is -1.32. The van der Waals surface area contributed by atoms with E-state index in [2.05, 4.69) is 5.10 Å². The minimum Gasteiger partial charge on any atom is -0.386 e. The number of rotatable bonds is 3. The predicted molar refractivity (Wildman–Crippen MR) is 68.1 cm³/mol. The molecule has 0 radical (unpaired) electrons. The Morgan fingerprint density at radius 3 is 2.76 bits per heavy atom. The molecule has 1 heterocycles. The van der Waals surface area contributed by atoms with Crippen molar-refractivity contribution in [3.05, 3.63) is 52.3 Å². The van der Waals surface area contributed by atoms with Gasteiger partial charge < -0.3 is 5.11 Å². The second kappa shape index (κ2) is 4.90. The van der Waals surface area contributed by atoms with E-state index in [1.54, 1.807) is 4.68 Å². The summed E-state index contributed by atoms with van der Waals surface area (Å²) in [5.74, 6) is 0. The van der Waals surface area contributed by atoms with Crippen molar-refractivity contribution in [3.63, 3.8) is 0 Å². The van der Waals surface area contributed by atoms with Crippen molar-refractivity contribution in [2.75, 3.05) is 0 Å². The van der Waals surface area contributed by atoms with Crippen LogP contribution < -0.4 is 0 Å². The Balaban J connectivity index is 2.16. The maximum atomic E-state index is 10.2. The minimum absolute atomic E-state index is 0.541. The molecule has 0 bridgehead atoms. The summed E-state index contributed by atoms with van der Waals surface area (Å²) >= 11 is 5.91. The number of nitrogens with zero attached hydrogens (tertiary/aromatic N) is 2. The van der Waals surface area contributed by atoms with Crippen LogP contribution in [0.1, 0.15) is 23.1 Å². The number of hydrogen-bond donors (Lipinski definition) is 1. The van der Waals surface area contributed by atoms with Gasteiger partial charge in [0.2, 0.25) is 0 Å². The van der Waals surface area contributed by atoms with E-state index in [-0.39, 0.29) is 0 Å². The van der Waals surface area contributed by atoms with E-state index in [0.717, 1.165) is 17.0 Å². The molecule has 1 aromatic heterocycles. The summed E-state index contributed by atoms with van der Waals surface area (Å²) in [7, 11) is 1.84. The molecule has 2 aromatic rings. The number of aryl methyl sites for hydroxylation is 2. The SMILES string of the molecule is Cc1cc(C(O)Cc2cccc(Cl)c2)n(C)n1. The van der Waals surface area contributed by atoms with Crippen molar-refractivity contribution in [2.24, 2.45) is 7.05 Å². The van der Waals surface area contributed by atoms with Gasteiger partial charge in [0.25, 0.3) is 0 Å². The fourth-order valence-electron chi connectivity index (χ4n) is 1.93. The average Bonchev–Trinajstić information content (AvgIpc) is 2.58. The highest BCUT2D eigenvalue weighted by Gasteiger charge is 2.13. The number of halogens is 1. The van der Waals surface area contributed by atoms with Crippen LogP contribution in [0.3, 0.4) is 0 Å². The fourth-order valence-corrected chi connectivity index (χ4v) is 2.15. The maximum Gasteiger partial charge on any atom is 0.0996 e. The molecule has 1 N–H and O–H groups in total. The zero-order valence-corrected chi connectivity index (χ0v) is 10.6. The topological polar surface area (TPSA) is 38.0 Å².